The van der Waals surface area contributed by atoms with Crippen LogP contribution in [-0.2, 0) is 19.1 Å². The molecule has 0 bridgehead atoms. The van der Waals surface area contributed by atoms with Crippen LogP contribution in [-0.4, -0.2) is 19.1 Å². The van der Waals surface area contributed by atoms with Crippen LogP contribution < -0.4 is 19.8 Å². The smallest absolute Gasteiger partial charge is 0.449 e. The maximum atomic E-state index is 14.5. The van der Waals surface area contributed by atoms with E-state index < -0.39 is 34.9 Å². The van der Waals surface area contributed by atoms with Gasteiger partial charge in [0.05, 0.1) is 29.6 Å². The second-order valence-electron chi connectivity index (χ2n) is 12.0. The summed E-state index contributed by atoms with van der Waals surface area (Å²) in [6.45, 7) is 11.5. The van der Waals surface area contributed by atoms with Gasteiger partial charge in [0.15, 0.2) is 5.58 Å². The third-order valence-corrected chi connectivity index (χ3v) is 7.12. The molecule has 1 N–H and O–H groups in total. The van der Waals surface area contributed by atoms with Gasteiger partial charge in [-0.15, -0.1) is 0 Å². The van der Waals surface area contributed by atoms with Crippen LogP contribution in [0.5, 0.6) is 17.2 Å². The predicted molar refractivity (Wildman–Crippen MR) is 163 cm³/mol. The number of hydrogen-bond donors (Lipinski definition) is 1. The van der Waals surface area contributed by atoms with E-state index in [1.165, 1.54) is 36.4 Å². The molecular formula is C35H38F4NO5+. The van der Waals surface area contributed by atoms with Gasteiger partial charge in [0.1, 0.15) is 23.9 Å². The summed E-state index contributed by atoms with van der Waals surface area (Å²) in [5.41, 5.74) is -0.186. The molecule has 6 nitrogen and oxygen atoms in total. The zero-order valence-corrected chi connectivity index (χ0v) is 26.0. The molecule has 1 heterocycles. The summed E-state index contributed by atoms with van der Waals surface area (Å²) in [4.78, 5) is 27.7. The van der Waals surface area contributed by atoms with Crippen molar-refractivity contribution >= 4 is 16.9 Å². The zero-order chi connectivity index (χ0) is 32.9. The molecule has 0 atom stereocenters. The fourth-order valence-electron chi connectivity index (χ4n) is 5.33. The fourth-order valence-corrected chi connectivity index (χ4v) is 5.33. The number of halogens is 4. The van der Waals surface area contributed by atoms with Gasteiger partial charge < -0.3 is 18.8 Å². The van der Waals surface area contributed by atoms with Gasteiger partial charge in [-0.2, -0.15) is 13.2 Å². The lowest BCUT2D eigenvalue weighted by atomic mass is 10.1. The number of aryl methyl sites for hydroxylation is 1. The molecule has 45 heavy (non-hydrogen) atoms. The first-order valence-corrected chi connectivity index (χ1v) is 15.0. The molecule has 0 aliphatic rings. The Kier molecular flexibility index (Phi) is 10.7. The van der Waals surface area contributed by atoms with Gasteiger partial charge in [-0.1, -0.05) is 53.2 Å². The highest BCUT2D eigenvalue weighted by atomic mass is 19.4. The molecule has 4 rings (SSSR count). The maximum absolute atomic E-state index is 14.5. The number of hydrogen-bond acceptors (Lipinski definition) is 5. The molecule has 0 saturated heterocycles. The summed E-state index contributed by atoms with van der Waals surface area (Å²) >= 11 is 0. The van der Waals surface area contributed by atoms with Gasteiger partial charge in [-0.05, 0) is 60.5 Å². The lowest BCUT2D eigenvalue weighted by Crippen LogP contribution is -3.11. The molecule has 240 valence electrons. The lowest BCUT2D eigenvalue weighted by Gasteiger charge is -2.24. The second-order valence-corrected chi connectivity index (χ2v) is 12.0. The van der Waals surface area contributed by atoms with Crippen molar-refractivity contribution in [3.8, 4) is 17.2 Å². The minimum Gasteiger partial charge on any atom is -0.449 e. The second kappa shape index (κ2) is 14.3. The van der Waals surface area contributed by atoms with Crippen molar-refractivity contribution in [2.75, 3.05) is 13.1 Å². The maximum Gasteiger partial charge on any atom is 0.453 e. The van der Waals surface area contributed by atoms with E-state index in [1.54, 1.807) is 12.1 Å². The minimum atomic E-state index is -5.08. The molecule has 0 unspecified atom stereocenters. The Hall–Kier alpha value is -4.18. The van der Waals surface area contributed by atoms with Crippen molar-refractivity contribution in [1.82, 2.24) is 0 Å². The van der Waals surface area contributed by atoms with Gasteiger partial charge in [-0.25, -0.2) is 9.18 Å². The third kappa shape index (κ3) is 8.51. The van der Waals surface area contributed by atoms with Crippen molar-refractivity contribution in [3.63, 3.8) is 0 Å². The number of quaternary nitrogens is 1. The first kappa shape index (κ1) is 33.7. The van der Waals surface area contributed by atoms with Crippen molar-refractivity contribution in [3.05, 3.63) is 99.2 Å². The Morgan fingerprint density at radius 1 is 0.911 bits per heavy atom. The number of rotatable bonds is 12. The number of ether oxygens (including phenoxy) is 2. The van der Waals surface area contributed by atoms with Crippen LogP contribution >= 0.6 is 0 Å². The summed E-state index contributed by atoms with van der Waals surface area (Å²) in [7, 11) is 0. The Bertz CT molecular complexity index is 1670. The summed E-state index contributed by atoms with van der Waals surface area (Å²) in [5, 5.41) is -0.148. The number of carbonyl (C=O) groups excluding carboxylic acids is 1. The van der Waals surface area contributed by atoms with Crippen LogP contribution in [0, 0.1) is 17.7 Å². The number of esters is 1. The molecule has 0 radical (unpaired) electrons. The summed E-state index contributed by atoms with van der Waals surface area (Å²) in [6.07, 6.45) is -3.40. The van der Waals surface area contributed by atoms with Gasteiger partial charge in [0.25, 0.3) is 5.76 Å². The van der Waals surface area contributed by atoms with E-state index in [4.69, 9.17) is 13.9 Å². The molecule has 10 heteroatoms. The quantitative estimate of drug-likeness (QED) is 0.0994. The summed E-state index contributed by atoms with van der Waals surface area (Å²) in [6, 6.07) is 13.8. The minimum absolute atomic E-state index is 0.0437. The third-order valence-electron chi connectivity index (χ3n) is 7.12. The van der Waals surface area contributed by atoms with E-state index in [0.717, 1.165) is 35.4 Å². The standard InChI is InChI=1S/C35H37F4NO5/c1-6-7-23-8-14-26(15-9-23)43-32-30(41)27-16-17-29(44-34(42)24-10-12-25(36)13-11-24)28(31(27)45-33(32)35(37,38)39)20-40(18-21(2)3)19-22(4)5/h8-17,21-22H,6-7,18-20H2,1-5H3/p+1. The number of benzene rings is 3. The lowest BCUT2D eigenvalue weighted by molar-refractivity contribution is -0.919. The largest absolute Gasteiger partial charge is 0.453 e. The number of alkyl halides is 3. The molecule has 0 spiro atoms. The van der Waals surface area contributed by atoms with E-state index >= 15 is 0 Å². The molecule has 0 aliphatic carbocycles. The monoisotopic (exact) mass is 628 g/mol. The van der Waals surface area contributed by atoms with E-state index in [-0.39, 0.29) is 52.0 Å². The molecule has 1 aromatic heterocycles. The number of fused-ring (bicyclic) bond motifs is 1. The molecule has 3 aromatic carbocycles. The van der Waals surface area contributed by atoms with Crippen LogP contribution in [0.1, 0.15) is 68.3 Å². The molecule has 0 fully saturated rings. The summed E-state index contributed by atoms with van der Waals surface area (Å²) in [5.74, 6) is -3.48. The van der Waals surface area contributed by atoms with E-state index in [2.05, 4.69) is 0 Å². The topological polar surface area (TPSA) is 70.2 Å². The van der Waals surface area contributed by atoms with Crippen molar-refractivity contribution in [1.29, 1.82) is 0 Å². The fraction of sp³-hybridized carbons (Fsp3) is 0.371. The van der Waals surface area contributed by atoms with Crippen LogP contribution in [0.25, 0.3) is 11.0 Å². The molecule has 0 aliphatic heterocycles. The highest BCUT2D eigenvalue weighted by molar-refractivity contribution is 5.92. The van der Waals surface area contributed by atoms with E-state index in [1.807, 2.05) is 34.6 Å². The van der Waals surface area contributed by atoms with Crippen LogP contribution in [0.15, 0.2) is 69.9 Å². The number of nitrogens with one attached hydrogen (secondary N) is 1. The van der Waals surface area contributed by atoms with Gasteiger partial charge >= 0.3 is 12.1 Å². The Labute approximate surface area is 259 Å². The zero-order valence-electron chi connectivity index (χ0n) is 26.0. The SMILES string of the molecule is CCCc1ccc(Oc2c(C(F)(F)F)oc3c(C[NH+](CC(C)C)CC(C)C)c(OC(=O)c4ccc(F)cc4)ccc3c2=O)cc1. The Balaban J connectivity index is 1.89. The Morgan fingerprint density at radius 3 is 2.09 bits per heavy atom. The predicted octanol–water partition coefficient (Wildman–Crippen LogP) is 7.61. The van der Waals surface area contributed by atoms with Gasteiger partial charge in [0, 0.05) is 11.8 Å². The molecule has 0 amide bonds. The summed E-state index contributed by atoms with van der Waals surface area (Å²) < 4.78 is 73.7. The first-order valence-electron chi connectivity index (χ1n) is 15.0. The van der Waals surface area contributed by atoms with Crippen molar-refractivity contribution < 1.29 is 41.1 Å². The number of carbonyl (C=O) groups is 1. The van der Waals surface area contributed by atoms with E-state index in [0.29, 0.717) is 13.1 Å². The van der Waals surface area contributed by atoms with Gasteiger partial charge in [0.2, 0.25) is 11.2 Å². The van der Waals surface area contributed by atoms with Gasteiger partial charge in [-0.3, -0.25) is 4.79 Å². The van der Waals surface area contributed by atoms with Crippen LogP contribution in [0.3, 0.4) is 0 Å². The highest BCUT2D eigenvalue weighted by Crippen LogP contribution is 2.40. The normalized spacial score (nSPS) is 12.0. The average molecular weight is 629 g/mol. The first-order chi connectivity index (χ1) is 21.3. The molecule has 0 saturated carbocycles. The van der Waals surface area contributed by atoms with E-state index in [9.17, 15) is 27.2 Å². The average Bonchev–Trinajstić information content (AvgIpc) is 2.95. The van der Waals surface area contributed by atoms with Crippen molar-refractivity contribution in [2.45, 2.75) is 60.2 Å². The highest BCUT2D eigenvalue weighted by Gasteiger charge is 2.41. The molecule has 4 aromatic rings. The molecular weight excluding hydrogens is 590 g/mol. The van der Waals surface area contributed by atoms with Crippen LogP contribution in [0.4, 0.5) is 17.6 Å². The van der Waals surface area contributed by atoms with Crippen LogP contribution in [0.2, 0.25) is 0 Å². The van der Waals surface area contributed by atoms with Crippen molar-refractivity contribution in [2.24, 2.45) is 11.8 Å². The Morgan fingerprint density at radius 2 is 1.53 bits per heavy atom.